The average Bonchev–Trinajstić information content (AvgIpc) is 2.64. The highest BCUT2D eigenvalue weighted by Crippen LogP contribution is 2.22. The number of carbonyl (C=O) groups excluding carboxylic acids is 3. The SMILES string of the molecule is COc1ccc(C(C)=O)cc1COC(=O)CNC(=O)c1ccc(Cl)cc1Cl. The van der Waals surface area contributed by atoms with E-state index in [0.717, 1.165) is 0 Å². The van der Waals surface area contributed by atoms with Gasteiger partial charge in [-0.15, -0.1) is 0 Å². The van der Waals surface area contributed by atoms with Crippen molar-refractivity contribution in [3.05, 3.63) is 63.1 Å². The zero-order valence-electron chi connectivity index (χ0n) is 14.7. The number of carbonyl (C=O) groups is 3. The van der Waals surface area contributed by atoms with E-state index >= 15 is 0 Å². The first-order valence-electron chi connectivity index (χ1n) is 7.88. The van der Waals surface area contributed by atoms with E-state index in [2.05, 4.69) is 5.32 Å². The van der Waals surface area contributed by atoms with Gasteiger partial charge in [0.05, 0.1) is 17.7 Å². The Kier molecular flexibility index (Phi) is 7.21. The summed E-state index contributed by atoms with van der Waals surface area (Å²) >= 11 is 11.7. The zero-order valence-corrected chi connectivity index (χ0v) is 16.2. The van der Waals surface area contributed by atoms with Gasteiger partial charge in [0.25, 0.3) is 5.91 Å². The van der Waals surface area contributed by atoms with Crippen LogP contribution in [0.4, 0.5) is 0 Å². The molecule has 0 atom stereocenters. The molecule has 0 aliphatic carbocycles. The first-order chi connectivity index (χ1) is 12.8. The van der Waals surface area contributed by atoms with Crippen LogP contribution in [-0.2, 0) is 16.1 Å². The molecular weight excluding hydrogens is 393 g/mol. The molecule has 0 radical (unpaired) electrons. The van der Waals surface area contributed by atoms with Crippen LogP contribution >= 0.6 is 23.2 Å². The monoisotopic (exact) mass is 409 g/mol. The molecular formula is C19H17Cl2NO5. The van der Waals surface area contributed by atoms with Crippen LogP contribution < -0.4 is 10.1 Å². The van der Waals surface area contributed by atoms with Gasteiger partial charge in [0.15, 0.2) is 5.78 Å². The van der Waals surface area contributed by atoms with E-state index in [0.29, 0.717) is 21.9 Å². The lowest BCUT2D eigenvalue weighted by Gasteiger charge is -2.11. The van der Waals surface area contributed by atoms with Crippen molar-refractivity contribution in [2.75, 3.05) is 13.7 Å². The molecule has 0 spiro atoms. The van der Waals surface area contributed by atoms with Crippen LogP contribution in [0.1, 0.15) is 33.2 Å². The van der Waals surface area contributed by atoms with Crippen LogP contribution in [0.15, 0.2) is 36.4 Å². The third-order valence-electron chi connectivity index (χ3n) is 3.64. The fourth-order valence-corrected chi connectivity index (χ4v) is 2.74. The van der Waals surface area contributed by atoms with E-state index in [1.165, 1.54) is 32.2 Å². The van der Waals surface area contributed by atoms with E-state index in [1.54, 1.807) is 18.2 Å². The van der Waals surface area contributed by atoms with Crippen molar-refractivity contribution in [2.24, 2.45) is 0 Å². The Hall–Kier alpha value is -2.57. The second-order valence-corrected chi connectivity index (χ2v) is 6.39. The summed E-state index contributed by atoms with van der Waals surface area (Å²) in [6.45, 7) is 1.00. The summed E-state index contributed by atoms with van der Waals surface area (Å²) in [6, 6.07) is 9.27. The third-order valence-corrected chi connectivity index (χ3v) is 4.19. The minimum atomic E-state index is -0.649. The van der Waals surface area contributed by atoms with Gasteiger partial charge in [0.1, 0.15) is 18.9 Å². The Balaban J connectivity index is 1.94. The van der Waals surface area contributed by atoms with Gasteiger partial charge in [-0.05, 0) is 43.3 Å². The maximum atomic E-state index is 12.1. The maximum Gasteiger partial charge on any atom is 0.325 e. The molecule has 2 rings (SSSR count). The second-order valence-electron chi connectivity index (χ2n) is 5.55. The van der Waals surface area contributed by atoms with Gasteiger partial charge in [0.2, 0.25) is 0 Å². The Labute approximate surface area is 166 Å². The number of methoxy groups -OCH3 is 1. The van der Waals surface area contributed by atoms with Crippen LogP contribution in [-0.4, -0.2) is 31.3 Å². The summed E-state index contributed by atoms with van der Waals surface area (Å²) in [5, 5.41) is 3.01. The van der Waals surface area contributed by atoms with E-state index in [-0.39, 0.29) is 29.5 Å². The summed E-state index contributed by atoms with van der Waals surface area (Å²) in [4.78, 5) is 35.5. The summed E-state index contributed by atoms with van der Waals surface area (Å²) in [7, 11) is 1.48. The second kappa shape index (κ2) is 9.39. The molecule has 0 saturated heterocycles. The van der Waals surface area contributed by atoms with E-state index in [9.17, 15) is 14.4 Å². The van der Waals surface area contributed by atoms with Crippen molar-refractivity contribution in [1.29, 1.82) is 0 Å². The Morgan fingerprint density at radius 1 is 1.07 bits per heavy atom. The molecule has 1 N–H and O–H groups in total. The van der Waals surface area contributed by atoms with Crippen molar-refractivity contribution in [1.82, 2.24) is 5.32 Å². The van der Waals surface area contributed by atoms with Crippen LogP contribution in [0.2, 0.25) is 10.0 Å². The Morgan fingerprint density at radius 2 is 1.81 bits per heavy atom. The van der Waals surface area contributed by atoms with Gasteiger partial charge in [-0.3, -0.25) is 14.4 Å². The minimum Gasteiger partial charge on any atom is -0.496 e. The number of rotatable bonds is 7. The van der Waals surface area contributed by atoms with E-state index < -0.39 is 11.9 Å². The van der Waals surface area contributed by atoms with E-state index in [1.807, 2.05) is 0 Å². The van der Waals surface area contributed by atoms with Gasteiger partial charge in [-0.25, -0.2) is 0 Å². The lowest BCUT2D eigenvalue weighted by Crippen LogP contribution is -2.30. The number of ketones is 1. The average molecular weight is 410 g/mol. The molecule has 0 heterocycles. The first kappa shape index (κ1) is 20.7. The number of Topliss-reactive ketones (excluding diaryl/α,β-unsaturated/α-hetero) is 1. The van der Waals surface area contributed by atoms with Crippen molar-refractivity contribution in [2.45, 2.75) is 13.5 Å². The highest BCUT2D eigenvalue weighted by Gasteiger charge is 2.14. The van der Waals surface area contributed by atoms with Gasteiger partial charge in [-0.1, -0.05) is 23.2 Å². The molecule has 0 fully saturated rings. The highest BCUT2D eigenvalue weighted by atomic mass is 35.5. The normalized spacial score (nSPS) is 10.2. The quantitative estimate of drug-likeness (QED) is 0.557. The van der Waals surface area contributed by atoms with Crippen LogP contribution in [0, 0.1) is 0 Å². The summed E-state index contributed by atoms with van der Waals surface area (Å²) in [5.74, 6) is -0.796. The summed E-state index contributed by atoms with van der Waals surface area (Å²) in [6.07, 6.45) is 0. The predicted octanol–water partition coefficient (Wildman–Crippen LogP) is 3.68. The Bertz CT molecular complexity index is 882. The number of esters is 1. The van der Waals surface area contributed by atoms with Crippen LogP contribution in [0.3, 0.4) is 0 Å². The van der Waals surface area contributed by atoms with Gasteiger partial charge < -0.3 is 14.8 Å². The molecule has 142 valence electrons. The molecule has 0 saturated carbocycles. The van der Waals surface area contributed by atoms with Crippen molar-refractivity contribution < 1.29 is 23.9 Å². The summed E-state index contributed by atoms with van der Waals surface area (Å²) < 4.78 is 10.3. The number of ether oxygens (including phenoxy) is 2. The fourth-order valence-electron chi connectivity index (χ4n) is 2.24. The van der Waals surface area contributed by atoms with Crippen molar-refractivity contribution in [3.8, 4) is 5.75 Å². The standard InChI is InChI=1S/C19H17Cl2NO5/c1-11(23)12-3-6-17(26-2)13(7-12)10-27-18(24)9-22-19(25)15-5-4-14(20)8-16(15)21/h3-8H,9-10H2,1-2H3,(H,22,25). The smallest absolute Gasteiger partial charge is 0.325 e. The molecule has 0 unspecified atom stereocenters. The molecule has 1 amide bonds. The number of halogens is 2. The number of amides is 1. The van der Waals surface area contributed by atoms with E-state index in [4.69, 9.17) is 32.7 Å². The molecule has 27 heavy (non-hydrogen) atoms. The summed E-state index contributed by atoms with van der Waals surface area (Å²) in [5.41, 5.74) is 1.22. The molecule has 8 heteroatoms. The number of hydrogen-bond donors (Lipinski definition) is 1. The third kappa shape index (κ3) is 5.70. The fraction of sp³-hybridized carbons (Fsp3) is 0.211. The first-order valence-corrected chi connectivity index (χ1v) is 8.64. The molecule has 0 aliphatic heterocycles. The predicted molar refractivity (Wildman–Crippen MR) is 102 cm³/mol. The zero-order chi connectivity index (χ0) is 20.0. The molecule has 0 aromatic heterocycles. The number of hydrogen-bond acceptors (Lipinski definition) is 5. The van der Waals surface area contributed by atoms with Crippen molar-refractivity contribution in [3.63, 3.8) is 0 Å². The van der Waals surface area contributed by atoms with Crippen LogP contribution in [0.5, 0.6) is 5.75 Å². The van der Waals surface area contributed by atoms with Gasteiger partial charge in [-0.2, -0.15) is 0 Å². The molecule has 2 aromatic carbocycles. The molecule has 6 nitrogen and oxygen atoms in total. The number of benzene rings is 2. The lowest BCUT2D eigenvalue weighted by atomic mass is 10.1. The lowest BCUT2D eigenvalue weighted by molar-refractivity contribution is -0.143. The van der Waals surface area contributed by atoms with Crippen molar-refractivity contribution >= 4 is 40.9 Å². The molecule has 2 aromatic rings. The van der Waals surface area contributed by atoms with Gasteiger partial charge >= 0.3 is 5.97 Å². The maximum absolute atomic E-state index is 12.1. The van der Waals surface area contributed by atoms with Gasteiger partial charge in [0, 0.05) is 16.1 Å². The topological polar surface area (TPSA) is 81.7 Å². The highest BCUT2D eigenvalue weighted by molar-refractivity contribution is 6.36. The molecule has 0 bridgehead atoms. The molecule has 0 aliphatic rings. The number of nitrogens with one attached hydrogen (secondary N) is 1. The Morgan fingerprint density at radius 3 is 2.44 bits per heavy atom. The minimum absolute atomic E-state index is 0.0965. The largest absolute Gasteiger partial charge is 0.496 e. The van der Waals surface area contributed by atoms with Crippen LogP contribution in [0.25, 0.3) is 0 Å².